The quantitative estimate of drug-likeness (QED) is 0.801. The first-order valence-corrected chi connectivity index (χ1v) is 7.73. The van der Waals surface area contributed by atoms with Gasteiger partial charge in [-0.2, -0.15) is 0 Å². The Bertz CT molecular complexity index is 804. The molecule has 0 saturated heterocycles. The summed E-state index contributed by atoms with van der Waals surface area (Å²) >= 11 is 0. The van der Waals surface area contributed by atoms with Gasteiger partial charge in [-0.15, -0.1) is 0 Å². The number of rotatable bonds is 4. The van der Waals surface area contributed by atoms with E-state index in [1.807, 2.05) is 65.4 Å². The number of hydrogen-bond acceptors (Lipinski definition) is 2. The maximum atomic E-state index is 12.7. The molecule has 4 heteroatoms. The molecule has 0 spiro atoms. The van der Waals surface area contributed by atoms with E-state index in [-0.39, 0.29) is 11.3 Å². The highest BCUT2D eigenvalue weighted by Crippen LogP contribution is 2.48. The zero-order valence-corrected chi connectivity index (χ0v) is 12.6. The van der Waals surface area contributed by atoms with Gasteiger partial charge in [0.15, 0.2) is 0 Å². The van der Waals surface area contributed by atoms with Crippen molar-refractivity contribution in [3.8, 4) is 5.69 Å². The fourth-order valence-electron chi connectivity index (χ4n) is 2.91. The Balaban J connectivity index is 1.51. The van der Waals surface area contributed by atoms with Gasteiger partial charge in [0.25, 0.3) is 0 Å². The van der Waals surface area contributed by atoms with Gasteiger partial charge in [0.1, 0.15) is 0 Å². The predicted molar refractivity (Wildman–Crippen MR) is 89.5 cm³/mol. The van der Waals surface area contributed by atoms with Crippen molar-refractivity contribution in [1.82, 2.24) is 9.55 Å². The number of nitrogens with one attached hydrogen (secondary N) is 1. The van der Waals surface area contributed by atoms with Gasteiger partial charge in [0, 0.05) is 23.8 Å². The summed E-state index contributed by atoms with van der Waals surface area (Å²) in [6, 6.07) is 17.8. The lowest BCUT2D eigenvalue weighted by Crippen LogP contribution is -2.27. The molecule has 0 radical (unpaired) electrons. The number of amides is 1. The Morgan fingerprint density at radius 1 is 1.04 bits per heavy atom. The van der Waals surface area contributed by atoms with E-state index < -0.39 is 0 Å². The third-order valence-corrected chi connectivity index (χ3v) is 4.44. The summed E-state index contributed by atoms with van der Waals surface area (Å²) in [5.74, 6) is 0.0825. The molecule has 1 aliphatic carbocycles. The van der Waals surface area contributed by atoms with Gasteiger partial charge in [0.2, 0.25) is 5.91 Å². The number of imidazole rings is 1. The number of benzene rings is 2. The number of aromatic nitrogens is 2. The van der Waals surface area contributed by atoms with E-state index in [9.17, 15) is 4.79 Å². The van der Waals surface area contributed by atoms with Crippen molar-refractivity contribution in [2.24, 2.45) is 0 Å². The molecule has 4 nitrogen and oxygen atoms in total. The highest BCUT2D eigenvalue weighted by molar-refractivity contribution is 6.01. The standard InChI is InChI=1S/C19H17N3O/c23-18(19(10-11-19)15-4-2-1-3-5-15)21-16-6-8-17(9-7-16)22-13-12-20-14-22/h1-9,12-14H,10-11H2,(H,21,23). The van der Waals surface area contributed by atoms with Crippen LogP contribution in [0.1, 0.15) is 18.4 Å². The third kappa shape index (κ3) is 2.52. The minimum atomic E-state index is -0.343. The molecule has 0 aliphatic heterocycles. The summed E-state index contributed by atoms with van der Waals surface area (Å²) in [5, 5.41) is 3.05. The van der Waals surface area contributed by atoms with Crippen LogP contribution in [0.5, 0.6) is 0 Å². The first kappa shape index (κ1) is 13.8. The molecule has 3 aromatic rings. The molecule has 1 aromatic heterocycles. The average molecular weight is 303 g/mol. The maximum absolute atomic E-state index is 12.7. The van der Waals surface area contributed by atoms with E-state index in [1.54, 1.807) is 12.5 Å². The molecule has 2 aromatic carbocycles. The largest absolute Gasteiger partial charge is 0.325 e. The van der Waals surface area contributed by atoms with Gasteiger partial charge in [-0.05, 0) is 42.7 Å². The number of carbonyl (C=O) groups is 1. The van der Waals surface area contributed by atoms with E-state index in [1.165, 1.54) is 0 Å². The van der Waals surface area contributed by atoms with Gasteiger partial charge in [0.05, 0.1) is 11.7 Å². The maximum Gasteiger partial charge on any atom is 0.235 e. The second kappa shape index (κ2) is 5.39. The van der Waals surface area contributed by atoms with Crippen LogP contribution in [0.25, 0.3) is 5.69 Å². The van der Waals surface area contributed by atoms with Crippen molar-refractivity contribution in [2.45, 2.75) is 18.3 Å². The fraction of sp³-hybridized carbons (Fsp3) is 0.158. The average Bonchev–Trinajstić information content (AvgIpc) is 3.24. The lowest BCUT2D eigenvalue weighted by molar-refractivity contribution is -0.118. The summed E-state index contributed by atoms with van der Waals surface area (Å²) < 4.78 is 1.93. The van der Waals surface area contributed by atoms with E-state index >= 15 is 0 Å². The zero-order chi connectivity index (χ0) is 15.7. The Morgan fingerprint density at radius 3 is 2.39 bits per heavy atom. The summed E-state index contributed by atoms with van der Waals surface area (Å²) in [7, 11) is 0. The second-order valence-electron chi connectivity index (χ2n) is 5.92. The molecule has 4 rings (SSSR count). The molecular formula is C19H17N3O. The Kier molecular flexibility index (Phi) is 3.23. The highest BCUT2D eigenvalue weighted by Gasteiger charge is 2.51. The molecule has 23 heavy (non-hydrogen) atoms. The van der Waals surface area contributed by atoms with Gasteiger partial charge in [-0.3, -0.25) is 4.79 Å². The SMILES string of the molecule is O=C(Nc1ccc(-n2ccnc2)cc1)C1(c2ccccc2)CC1. The summed E-state index contributed by atoms with van der Waals surface area (Å²) in [6.07, 6.45) is 7.21. The van der Waals surface area contributed by atoms with Crippen LogP contribution in [-0.2, 0) is 10.2 Å². The van der Waals surface area contributed by atoms with Crippen LogP contribution in [0, 0.1) is 0 Å². The molecule has 1 N–H and O–H groups in total. The van der Waals surface area contributed by atoms with E-state index in [0.717, 1.165) is 29.8 Å². The van der Waals surface area contributed by atoms with Crippen LogP contribution in [-0.4, -0.2) is 15.5 Å². The van der Waals surface area contributed by atoms with Crippen LogP contribution in [0.4, 0.5) is 5.69 Å². The Hall–Kier alpha value is -2.88. The van der Waals surface area contributed by atoms with E-state index in [2.05, 4.69) is 10.3 Å². The van der Waals surface area contributed by atoms with Crippen LogP contribution in [0.2, 0.25) is 0 Å². The Labute approximate surface area is 134 Å². The van der Waals surface area contributed by atoms with Crippen LogP contribution in [0.15, 0.2) is 73.3 Å². The molecule has 1 aliphatic rings. The molecule has 0 atom stereocenters. The van der Waals surface area contributed by atoms with Gasteiger partial charge in [-0.1, -0.05) is 30.3 Å². The molecule has 0 bridgehead atoms. The van der Waals surface area contributed by atoms with Crippen LogP contribution < -0.4 is 5.32 Å². The Morgan fingerprint density at radius 2 is 1.78 bits per heavy atom. The smallest absolute Gasteiger partial charge is 0.235 e. The molecular weight excluding hydrogens is 286 g/mol. The lowest BCUT2D eigenvalue weighted by Gasteiger charge is -2.16. The summed E-state index contributed by atoms with van der Waals surface area (Å²) in [6.45, 7) is 0. The van der Waals surface area contributed by atoms with Gasteiger partial charge in [-0.25, -0.2) is 4.98 Å². The first-order chi connectivity index (χ1) is 11.3. The molecule has 1 fully saturated rings. The minimum Gasteiger partial charge on any atom is -0.325 e. The van der Waals surface area contributed by atoms with Crippen molar-refractivity contribution in [3.05, 3.63) is 78.9 Å². The van der Waals surface area contributed by atoms with Gasteiger partial charge < -0.3 is 9.88 Å². The predicted octanol–water partition coefficient (Wildman–Crippen LogP) is 3.54. The molecule has 1 saturated carbocycles. The van der Waals surface area contributed by atoms with Crippen molar-refractivity contribution >= 4 is 11.6 Å². The zero-order valence-electron chi connectivity index (χ0n) is 12.6. The molecule has 1 heterocycles. The monoisotopic (exact) mass is 303 g/mol. The van der Waals surface area contributed by atoms with Crippen molar-refractivity contribution < 1.29 is 4.79 Å². The van der Waals surface area contributed by atoms with Crippen molar-refractivity contribution in [3.63, 3.8) is 0 Å². The minimum absolute atomic E-state index is 0.0825. The normalized spacial score (nSPS) is 15.1. The summed E-state index contributed by atoms with van der Waals surface area (Å²) in [5.41, 5.74) is 2.60. The number of hydrogen-bond donors (Lipinski definition) is 1. The van der Waals surface area contributed by atoms with E-state index in [4.69, 9.17) is 0 Å². The van der Waals surface area contributed by atoms with E-state index in [0.29, 0.717) is 0 Å². The number of nitrogens with zero attached hydrogens (tertiary/aromatic N) is 2. The van der Waals surface area contributed by atoms with Gasteiger partial charge >= 0.3 is 0 Å². The second-order valence-corrected chi connectivity index (χ2v) is 5.92. The molecule has 1 amide bonds. The first-order valence-electron chi connectivity index (χ1n) is 7.73. The van der Waals surface area contributed by atoms with Crippen molar-refractivity contribution in [2.75, 3.05) is 5.32 Å². The fourth-order valence-corrected chi connectivity index (χ4v) is 2.91. The van der Waals surface area contributed by atoms with Crippen LogP contribution in [0.3, 0.4) is 0 Å². The van der Waals surface area contributed by atoms with Crippen molar-refractivity contribution in [1.29, 1.82) is 0 Å². The topological polar surface area (TPSA) is 46.9 Å². The molecule has 0 unspecified atom stereocenters. The lowest BCUT2D eigenvalue weighted by atomic mass is 9.95. The highest BCUT2D eigenvalue weighted by atomic mass is 16.2. The third-order valence-electron chi connectivity index (χ3n) is 4.44. The summed E-state index contributed by atoms with van der Waals surface area (Å²) in [4.78, 5) is 16.7. The molecule has 114 valence electrons. The number of carbonyl (C=O) groups excluding carboxylic acids is 1. The van der Waals surface area contributed by atoms with Crippen LogP contribution >= 0.6 is 0 Å². The number of anilines is 1.